The van der Waals surface area contributed by atoms with Crippen molar-refractivity contribution in [2.24, 2.45) is 0 Å². The largest absolute Gasteiger partial charge is 0.419 e. The Bertz CT molecular complexity index is 765. The molecule has 0 aliphatic carbocycles. The Morgan fingerprint density at radius 3 is 2.77 bits per heavy atom. The normalized spacial score (nSPS) is 11.5. The third-order valence-corrected chi connectivity index (χ3v) is 3.24. The quantitative estimate of drug-likeness (QED) is 0.224. The fraction of sp³-hybridized carbons (Fsp3) is 0.357. The standard InChI is InChI=1S/C14H15F4N5O3/c1-25-6-2-5-20-13-11(21-26-22-13)12(19)23(24)8-3-4-10(15)9(7-8)14(16,17)18/h3-4,7,19,24H,2,5-6H2,1H3,(H,20,22). The highest BCUT2D eigenvalue weighted by Crippen LogP contribution is 2.34. The number of alkyl halides is 3. The first-order valence-corrected chi connectivity index (χ1v) is 7.25. The summed E-state index contributed by atoms with van der Waals surface area (Å²) >= 11 is 0. The second-order valence-electron chi connectivity index (χ2n) is 5.06. The number of halogens is 4. The smallest absolute Gasteiger partial charge is 0.385 e. The number of hydrogen-bond acceptors (Lipinski definition) is 7. The third-order valence-electron chi connectivity index (χ3n) is 3.24. The fourth-order valence-corrected chi connectivity index (χ4v) is 1.97. The molecule has 0 radical (unpaired) electrons. The van der Waals surface area contributed by atoms with E-state index in [1.807, 2.05) is 0 Å². The van der Waals surface area contributed by atoms with E-state index in [9.17, 15) is 22.8 Å². The molecule has 0 aliphatic heterocycles. The molecule has 0 atom stereocenters. The molecular formula is C14H15F4N5O3. The first-order valence-electron chi connectivity index (χ1n) is 7.25. The van der Waals surface area contributed by atoms with Crippen LogP contribution in [0.15, 0.2) is 22.8 Å². The Hall–Kier alpha value is -2.73. The predicted molar refractivity (Wildman–Crippen MR) is 81.8 cm³/mol. The molecular weight excluding hydrogens is 362 g/mol. The number of rotatable bonds is 7. The summed E-state index contributed by atoms with van der Waals surface area (Å²) in [6.45, 7) is 0.857. The minimum absolute atomic E-state index is 0.0170. The van der Waals surface area contributed by atoms with Gasteiger partial charge in [0.1, 0.15) is 5.82 Å². The van der Waals surface area contributed by atoms with Crippen molar-refractivity contribution in [3.05, 3.63) is 35.3 Å². The van der Waals surface area contributed by atoms with Crippen molar-refractivity contribution in [2.45, 2.75) is 12.6 Å². The molecule has 0 saturated carbocycles. The molecule has 0 amide bonds. The lowest BCUT2D eigenvalue weighted by atomic mass is 10.1. The maximum Gasteiger partial charge on any atom is 0.419 e. The molecule has 0 aliphatic rings. The van der Waals surface area contributed by atoms with E-state index >= 15 is 0 Å². The van der Waals surface area contributed by atoms with Gasteiger partial charge in [0.15, 0.2) is 11.5 Å². The van der Waals surface area contributed by atoms with Gasteiger partial charge in [0, 0.05) is 20.3 Å². The zero-order chi connectivity index (χ0) is 19.3. The van der Waals surface area contributed by atoms with Crippen molar-refractivity contribution in [1.29, 1.82) is 5.41 Å². The lowest BCUT2D eigenvalue weighted by Gasteiger charge is -2.18. The van der Waals surface area contributed by atoms with Gasteiger partial charge in [-0.15, -0.1) is 0 Å². The van der Waals surface area contributed by atoms with E-state index < -0.39 is 29.1 Å². The van der Waals surface area contributed by atoms with Crippen LogP contribution in [0.2, 0.25) is 0 Å². The van der Waals surface area contributed by atoms with Gasteiger partial charge in [-0.2, -0.15) is 13.2 Å². The number of methoxy groups -OCH3 is 1. The summed E-state index contributed by atoms with van der Waals surface area (Å²) in [6.07, 6.45) is -4.35. The van der Waals surface area contributed by atoms with E-state index in [4.69, 9.17) is 10.1 Å². The molecule has 1 aromatic heterocycles. The molecule has 0 spiro atoms. The zero-order valence-electron chi connectivity index (χ0n) is 13.5. The van der Waals surface area contributed by atoms with E-state index in [1.54, 1.807) is 0 Å². The molecule has 12 heteroatoms. The molecule has 3 N–H and O–H groups in total. The SMILES string of the molecule is COCCCNc1nonc1C(=N)N(O)c1ccc(F)c(C(F)(F)F)c1. The van der Waals surface area contributed by atoms with Crippen LogP contribution in [0.4, 0.5) is 29.1 Å². The number of nitrogens with zero attached hydrogens (tertiary/aromatic N) is 3. The van der Waals surface area contributed by atoms with Gasteiger partial charge in [0.2, 0.25) is 5.82 Å². The van der Waals surface area contributed by atoms with Gasteiger partial charge < -0.3 is 10.1 Å². The van der Waals surface area contributed by atoms with Crippen LogP contribution in [0.5, 0.6) is 0 Å². The number of aromatic nitrogens is 2. The molecule has 8 nitrogen and oxygen atoms in total. The summed E-state index contributed by atoms with van der Waals surface area (Å²) in [7, 11) is 1.53. The average Bonchev–Trinajstić information content (AvgIpc) is 3.05. The molecule has 0 fully saturated rings. The first-order chi connectivity index (χ1) is 12.3. The van der Waals surface area contributed by atoms with Crippen LogP contribution in [0, 0.1) is 11.2 Å². The number of amidine groups is 1. The maximum absolute atomic E-state index is 13.3. The van der Waals surface area contributed by atoms with Crippen molar-refractivity contribution in [1.82, 2.24) is 10.3 Å². The minimum atomic E-state index is -4.95. The van der Waals surface area contributed by atoms with Gasteiger partial charge in [-0.3, -0.25) is 10.6 Å². The number of hydroxylamine groups is 1. The van der Waals surface area contributed by atoms with Crippen molar-refractivity contribution < 1.29 is 32.1 Å². The summed E-state index contributed by atoms with van der Waals surface area (Å²) in [6, 6.07) is 1.81. The Morgan fingerprint density at radius 1 is 1.38 bits per heavy atom. The fourth-order valence-electron chi connectivity index (χ4n) is 1.97. The van der Waals surface area contributed by atoms with Gasteiger partial charge in [0.25, 0.3) is 0 Å². The summed E-state index contributed by atoms with van der Waals surface area (Å²) in [5, 5.41) is 27.8. The van der Waals surface area contributed by atoms with Crippen molar-refractivity contribution in [3.63, 3.8) is 0 Å². The molecule has 1 heterocycles. The number of benzene rings is 1. The molecule has 0 bridgehead atoms. The van der Waals surface area contributed by atoms with Crippen LogP contribution in [-0.4, -0.2) is 41.6 Å². The predicted octanol–water partition coefficient (Wildman–Crippen LogP) is 2.90. The molecule has 2 rings (SSSR count). The maximum atomic E-state index is 13.3. The van der Waals surface area contributed by atoms with Crippen molar-refractivity contribution in [3.8, 4) is 0 Å². The van der Waals surface area contributed by atoms with Crippen LogP contribution in [0.1, 0.15) is 17.7 Å². The van der Waals surface area contributed by atoms with E-state index in [1.165, 1.54) is 7.11 Å². The van der Waals surface area contributed by atoms with Crippen LogP contribution in [0.3, 0.4) is 0 Å². The second-order valence-corrected chi connectivity index (χ2v) is 5.06. The Kier molecular flexibility index (Phi) is 6.10. The number of nitrogens with one attached hydrogen (secondary N) is 2. The number of hydrogen-bond donors (Lipinski definition) is 3. The lowest BCUT2D eigenvalue weighted by molar-refractivity contribution is -0.139. The molecule has 142 valence electrons. The summed E-state index contributed by atoms with van der Waals surface area (Å²) < 4.78 is 61.0. The molecule has 26 heavy (non-hydrogen) atoms. The molecule has 1 aromatic carbocycles. The van der Waals surface area contributed by atoms with Gasteiger partial charge in [-0.1, -0.05) is 0 Å². The van der Waals surface area contributed by atoms with Crippen LogP contribution in [-0.2, 0) is 10.9 Å². The number of anilines is 2. The monoisotopic (exact) mass is 377 g/mol. The van der Waals surface area contributed by atoms with Crippen LogP contribution >= 0.6 is 0 Å². The minimum Gasteiger partial charge on any atom is -0.385 e. The van der Waals surface area contributed by atoms with E-state index in [0.29, 0.717) is 31.7 Å². The zero-order valence-corrected chi connectivity index (χ0v) is 13.5. The average molecular weight is 377 g/mol. The lowest BCUT2D eigenvalue weighted by Crippen LogP contribution is -2.28. The summed E-state index contributed by atoms with van der Waals surface area (Å²) in [4.78, 5) is 0. The Morgan fingerprint density at radius 2 is 2.12 bits per heavy atom. The van der Waals surface area contributed by atoms with Crippen LogP contribution < -0.4 is 10.4 Å². The second kappa shape index (κ2) is 8.10. The summed E-state index contributed by atoms with van der Waals surface area (Å²) in [5.74, 6) is -2.19. The highest BCUT2D eigenvalue weighted by molar-refractivity contribution is 6.07. The highest BCUT2D eigenvalue weighted by Gasteiger charge is 2.35. The molecule has 0 saturated heterocycles. The molecule has 2 aromatic rings. The highest BCUT2D eigenvalue weighted by atomic mass is 19.4. The van der Waals surface area contributed by atoms with Gasteiger partial charge in [-0.25, -0.2) is 14.1 Å². The van der Waals surface area contributed by atoms with Gasteiger partial charge >= 0.3 is 6.18 Å². The van der Waals surface area contributed by atoms with E-state index in [0.717, 1.165) is 6.07 Å². The number of ether oxygens (including phenoxy) is 1. The molecule has 0 unspecified atom stereocenters. The topological polar surface area (TPSA) is 108 Å². The Balaban J connectivity index is 2.19. The van der Waals surface area contributed by atoms with Gasteiger partial charge in [0.05, 0.1) is 11.3 Å². The van der Waals surface area contributed by atoms with Crippen molar-refractivity contribution >= 4 is 17.3 Å². The summed E-state index contributed by atoms with van der Waals surface area (Å²) in [5.41, 5.74) is -2.28. The Labute approximate surface area is 144 Å². The van der Waals surface area contributed by atoms with Crippen molar-refractivity contribution in [2.75, 3.05) is 30.6 Å². The third kappa shape index (κ3) is 4.46. The first kappa shape index (κ1) is 19.6. The van der Waals surface area contributed by atoms with E-state index in [2.05, 4.69) is 20.3 Å². The van der Waals surface area contributed by atoms with E-state index in [-0.39, 0.29) is 16.6 Å². The van der Waals surface area contributed by atoms with Crippen LogP contribution in [0.25, 0.3) is 0 Å². The van der Waals surface area contributed by atoms with Gasteiger partial charge in [-0.05, 0) is 34.9 Å².